The van der Waals surface area contributed by atoms with Gasteiger partial charge in [0.25, 0.3) is 0 Å². The monoisotopic (exact) mass is 198 g/mol. The summed E-state index contributed by atoms with van der Waals surface area (Å²) in [5.41, 5.74) is 0. The van der Waals surface area contributed by atoms with E-state index >= 15 is 0 Å². The van der Waals surface area contributed by atoms with Crippen LogP contribution < -0.4 is 5.32 Å². The molecule has 0 aromatic heterocycles. The Morgan fingerprint density at radius 1 is 1.29 bits per heavy atom. The molecule has 0 aromatic rings. The molecule has 0 aliphatic carbocycles. The number of nitrogens with zero attached hydrogens (tertiary/aromatic N) is 1. The Morgan fingerprint density at radius 3 is 2.64 bits per heavy atom. The highest BCUT2D eigenvalue weighted by Crippen LogP contribution is 2.17. The second kappa shape index (κ2) is 5.10. The predicted octanol–water partition coefficient (Wildman–Crippen LogP) is 0.707. The summed E-state index contributed by atoms with van der Waals surface area (Å²) >= 11 is 0. The number of ether oxygens (including phenoxy) is 1. The number of nitrogens with one attached hydrogen (secondary N) is 1. The summed E-state index contributed by atoms with van der Waals surface area (Å²) < 4.78 is 5.40. The van der Waals surface area contributed by atoms with E-state index in [1.165, 1.54) is 38.9 Å². The molecule has 2 fully saturated rings. The highest BCUT2D eigenvalue weighted by Gasteiger charge is 2.22. The van der Waals surface area contributed by atoms with Crippen molar-refractivity contribution in [3.05, 3.63) is 0 Å². The van der Waals surface area contributed by atoms with Crippen molar-refractivity contribution in [1.29, 1.82) is 0 Å². The molecule has 0 radical (unpaired) electrons. The summed E-state index contributed by atoms with van der Waals surface area (Å²) in [5, 5.41) is 3.37. The highest BCUT2D eigenvalue weighted by molar-refractivity contribution is 4.78. The zero-order valence-corrected chi connectivity index (χ0v) is 9.17. The first kappa shape index (κ1) is 10.4. The van der Waals surface area contributed by atoms with Gasteiger partial charge in [0.05, 0.1) is 6.61 Å². The van der Waals surface area contributed by atoms with Crippen LogP contribution in [0.4, 0.5) is 0 Å². The summed E-state index contributed by atoms with van der Waals surface area (Å²) in [5.74, 6) is 0.807. The molecule has 1 atom stereocenters. The molecule has 2 rings (SSSR count). The van der Waals surface area contributed by atoms with E-state index in [2.05, 4.69) is 17.3 Å². The molecule has 82 valence electrons. The molecule has 0 unspecified atom stereocenters. The Hall–Kier alpha value is -0.120. The molecule has 0 amide bonds. The van der Waals surface area contributed by atoms with Gasteiger partial charge in [0.2, 0.25) is 0 Å². The van der Waals surface area contributed by atoms with E-state index in [0.717, 1.165) is 25.2 Å². The lowest BCUT2D eigenvalue weighted by Crippen LogP contribution is -2.43. The maximum absolute atomic E-state index is 5.40. The van der Waals surface area contributed by atoms with Gasteiger partial charge in [-0.1, -0.05) is 0 Å². The van der Waals surface area contributed by atoms with Gasteiger partial charge in [-0.15, -0.1) is 0 Å². The van der Waals surface area contributed by atoms with Crippen molar-refractivity contribution in [2.24, 2.45) is 5.92 Å². The third-order valence-corrected chi connectivity index (χ3v) is 3.54. The molecule has 2 saturated heterocycles. The molecule has 0 bridgehead atoms. The van der Waals surface area contributed by atoms with Gasteiger partial charge in [-0.25, -0.2) is 0 Å². The molecule has 0 saturated carbocycles. The van der Waals surface area contributed by atoms with Gasteiger partial charge in [-0.2, -0.15) is 0 Å². The van der Waals surface area contributed by atoms with E-state index in [1.54, 1.807) is 0 Å². The molecule has 2 aliphatic heterocycles. The van der Waals surface area contributed by atoms with E-state index in [0.29, 0.717) is 0 Å². The molecule has 3 nitrogen and oxygen atoms in total. The van der Waals surface area contributed by atoms with Crippen LogP contribution in [0.25, 0.3) is 0 Å². The topological polar surface area (TPSA) is 24.5 Å². The van der Waals surface area contributed by atoms with Crippen molar-refractivity contribution in [3.8, 4) is 0 Å². The third kappa shape index (κ3) is 2.69. The standard InChI is InChI=1S/C11H22N2O/c1-12-11-2-5-13(6-3-11)8-10-4-7-14-9-10/h10-12H,2-9H2,1H3/t10-/m1/s1. The first-order valence-electron chi connectivity index (χ1n) is 5.86. The van der Waals surface area contributed by atoms with Gasteiger partial charge < -0.3 is 15.0 Å². The van der Waals surface area contributed by atoms with Gasteiger partial charge in [-0.05, 0) is 45.3 Å². The Kier molecular flexibility index (Phi) is 3.79. The van der Waals surface area contributed by atoms with Crippen molar-refractivity contribution in [3.63, 3.8) is 0 Å². The first-order chi connectivity index (χ1) is 6.88. The zero-order valence-electron chi connectivity index (χ0n) is 9.17. The van der Waals surface area contributed by atoms with Crippen LogP contribution in [0, 0.1) is 5.92 Å². The Labute approximate surface area is 86.8 Å². The average molecular weight is 198 g/mol. The average Bonchev–Trinajstić information content (AvgIpc) is 2.72. The molecule has 0 spiro atoms. The lowest BCUT2D eigenvalue weighted by molar-refractivity contribution is 0.149. The van der Waals surface area contributed by atoms with E-state index in [1.807, 2.05) is 0 Å². The summed E-state index contributed by atoms with van der Waals surface area (Å²) in [6.45, 7) is 5.77. The predicted molar refractivity (Wildman–Crippen MR) is 57.4 cm³/mol. The Morgan fingerprint density at radius 2 is 2.07 bits per heavy atom. The minimum absolute atomic E-state index is 0.756. The summed E-state index contributed by atoms with van der Waals surface area (Å²) in [6, 6.07) is 0.756. The van der Waals surface area contributed by atoms with Crippen LogP contribution in [0.3, 0.4) is 0 Å². The first-order valence-corrected chi connectivity index (χ1v) is 5.86. The highest BCUT2D eigenvalue weighted by atomic mass is 16.5. The van der Waals surface area contributed by atoms with Gasteiger partial charge >= 0.3 is 0 Å². The lowest BCUT2D eigenvalue weighted by Gasteiger charge is -2.33. The largest absolute Gasteiger partial charge is 0.381 e. The fraction of sp³-hybridized carbons (Fsp3) is 1.00. The maximum atomic E-state index is 5.40. The van der Waals surface area contributed by atoms with Gasteiger partial charge in [0.15, 0.2) is 0 Å². The molecule has 2 aliphatic rings. The summed E-state index contributed by atoms with van der Waals surface area (Å²) in [6.07, 6.45) is 3.89. The number of hydrogen-bond donors (Lipinski definition) is 1. The van der Waals surface area contributed by atoms with Crippen LogP contribution in [0.15, 0.2) is 0 Å². The van der Waals surface area contributed by atoms with Crippen LogP contribution in [-0.2, 0) is 4.74 Å². The van der Waals surface area contributed by atoms with E-state index in [9.17, 15) is 0 Å². The lowest BCUT2D eigenvalue weighted by atomic mass is 10.0. The van der Waals surface area contributed by atoms with Crippen molar-refractivity contribution >= 4 is 0 Å². The van der Waals surface area contributed by atoms with E-state index in [-0.39, 0.29) is 0 Å². The van der Waals surface area contributed by atoms with Crippen molar-refractivity contribution in [2.45, 2.75) is 25.3 Å². The minimum Gasteiger partial charge on any atom is -0.381 e. The third-order valence-electron chi connectivity index (χ3n) is 3.54. The normalized spacial score (nSPS) is 31.1. The zero-order chi connectivity index (χ0) is 9.80. The summed E-state index contributed by atoms with van der Waals surface area (Å²) in [7, 11) is 2.07. The van der Waals surface area contributed by atoms with Crippen LogP contribution in [-0.4, -0.2) is 50.8 Å². The maximum Gasteiger partial charge on any atom is 0.0507 e. The molecular weight excluding hydrogens is 176 g/mol. The Balaban J connectivity index is 1.67. The van der Waals surface area contributed by atoms with Crippen LogP contribution in [0.1, 0.15) is 19.3 Å². The van der Waals surface area contributed by atoms with Crippen LogP contribution in [0.2, 0.25) is 0 Å². The van der Waals surface area contributed by atoms with Gasteiger partial charge in [0, 0.05) is 19.2 Å². The van der Waals surface area contributed by atoms with Crippen molar-refractivity contribution in [2.75, 3.05) is 39.9 Å². The quantitative estimate of drug-likeness (QED) is 0.723. The second-order valence-corrected chi connectivity index (χ2v) is 4.59. The second-order valence-electron chi connectivity index (χ2n) is 4.59. The molecule has 1 N–H and O–H groups in total. The number of rotatable bonds is 3. The van der Waals surface area contributed by atoms with Crippen LogP contribution >= 0.6 is 0 Å². The molecule has 2 heterocycles. The van der Waals surface area contributed by atoms with E-state index in [4.69, 9.17) is 4.74 Å². The smallest absolute Gasteiger partial charge is 0.0507 e. The summed E-state index contributed by atoms with van der Waals surface area (Å²) in [4.78, 5) is 2.60. The van der Waals surface area contributed by atoms with Gasteiger partial charge in [-0.3, -0.25) is 0 Å². The van der Waals surface area contributed by atoms with E-state index < -0.39 is 0 Å². The molecule has 14 heavy (non-hydrogen) atoms. The molecule has 0 aromatic carbocycles. The molecule has 3 heteroatoms. The number of hydrogen-bond acceptors (Lipinski definition) is 3. The van der Waals surface area contributed by atoms with Crippen molar-refractivity contribution < 1.29 is 4.74 Å². The van der Waals surface area contributed by atoms with Crippen LogP contribution in [0.5, 0.6) is 0 Å². The SMILES string of the molecule is CNC1CCN(C[C@H]2CCOC2)CC1. The van der Waals surface area contributed by atoms with Gasteiger partial charge in [0.1, 0.15) is 0 Å². The minimum atomic E-state index is 0.756. The fourth-order valence-electron chi connectivity index (χ4n) is 2.50. The Bertz CT molecular complexity index is 161. The number of likely N-dealkylation sites (tertiary alicyclic amines) is 1. The van der Waals surface area contributed by atoms with Crippen molar-refractivity contribution in [1.82, 2.24) is 10.2 Å². The number of piperidine rings is 1. The molecular formula is C11H22N2O. The fourth-order valence-corrected chi connectivity index (χ4v) is 2.50.